The highest BCUT2D eigenvalue weighted by Crippen LogP contribution is 2.25. The first-order valence-corrected chi connectivity index (χ1v) is 8.00. The van der Waals surface area contributed by atoms with Crippen LogP contribution in [0.3, 0.4) is 0 Å². The van der Waals surface area contributed by atoms with Crippen LogP contribution in [-0.2, 0) is 0 Å². The molecule has 116 valence electrons. The molecule has 0 fully saturated rings. The summed E-state index contributed by atoms with van der Waals surface area (Å²) in [4.78, 5) is 0. The van der Waals surface area contributed by atoms with E-state index in [4.69, 9.17) is 17.0 Å². The summed E-state index contributed by atoms with van der Waals surface area (Å²) in [7, 11) is 1.63. The third kappa shape index (κ3) is 3.40. The smallest absolute Gasteiger partial charge is 0.216 e. The van der Waals surface area contributed by atoms with Crippen LogP contribution in [0.25, 0.3) is 11.4 Å². The fraction of sp³-hybridized carbons (Fsp3) is 0.0625. The van der Waals surface area contributed by atoms with Gasteiger partial charge in [0.05, 0.1) is 17.8 Å². The van der Waals surface area contributed by atoms with Crippen molar-refractivity contribution in [1.29, 1.82) is 0 Å². The number of hydrogen-bond donors (Lipinski definition) is 1. The van der Waals surface area contributed by atoms with Crippen LogP contribution in [0.5, 0.6) is 5.75 Å². The van der Waals surface area contributed by atoms with Crippen LogP contribution in [0.2, 0.25) is 0 Å². The molecule has 1 heterocycles. The molecular formula is C16H13BrN4OS. The summed E-state index contributed by atoms with van der Waals surface area (Å²) < 4.78 is 8.12. The van der Waals surface area contributed by atoms with E-state index in [1.165, 1.54) is 0 Å². The predicted molar refractivity (Wildman–Crippen MR) is 96.5 cm³/mol. The van der Waals surface area contributed by atoms with Crippen molar-refractivity contribution in [2.75, 3.05) is 7.11 Å². The van der Waals surface area contributed by atoms with E-state index >= 15 is 0 Å². The largest absolute Gasteiger partial charge is 0.496 e. The average molecular weight is 389 g/mol. The molecule has 7 heteroatoms. The highest BCUT2D eigenvalue weighted by atomic mass is 79.9. The Morgan fingerprint density at radius 3 is 2.74 bits per heavy atom. The molecule has 0 atom stereocenters. The van der Waals surface area contributed by atoms with E-state index in [-0.39, 0.29) is 0 Å². The predicted octanol–water partition coefficient (Wildman–Crippen LogP) is 4.26. The lowest BCUT2D eigenvalue weighted by Gasteiger charge is -2.03. The Hall–Kier alpha value is -2.25. The van der Waals surface area contributed by atoms with Gasteiger partial charge in [-0.3, -0.25) is 0 Å². The minimum Gasteiger partial charge on any atom is -0.496 e. The number of halogens is 1. The Morgan fingerprint density at radius 2 is 2.04 bits per heavy atom. The summed E-state index contributed by atoms with van der Waals surface area (Å²) >= 11 is 8.71. The Kier molecular flexibility index (Phi) is 4.68. The molecule has 0 saturated heterocycles. The molecule has 1 N–H and O–H groups in total. The maximum absolute atomic E-state index is 5.26. The van der Waals surface area contributed by atoms with E-state index in [1.807, 2.05) is 48.5 Å². The van der Waals surface area contributed by atoms with Gasteiger partial charge in [-0.25, -0.2) is 5.10 Å². The zero-order valence-electron chi connectivity index (χ0n) is 12.2. The average Bonchev–Trinajstić information content (AvgIpc) is 2.94. The first kappa shape index (κ1) is 15.6. The van der Waals surface area contributed by atoms with Gasteiger partial charge in [-0.1, -0.05) is 30.3 Å². The maximum atomic E-state index is 5.26. The molecule has 0 bridgehead atoms. The van der Waals surface area contributed by atoms with Crippen molar-refractivity contribution in [3.8, 4) is 17.1 Å². The number of nitrogens with zero attached hydrogens (tertiary/aromatic N) is 3. The molecule has 0 unspecified atom stereocenters. The second-order valence-corrected chi connectivity index (χ2v) is 5.91. The molecular weight excluding hydrogens is 376 g/mol. The van der Waals surface area contributed by atoms with Crippen LogP contribution in [-0.4, -0.2) is 28.2 Å². The van der Waals surface area contributed by atoms with Gasteiger partial charge >= 0.3 is 0 Å². The number of aromatic nitrogens is 3. The van der Waals surface area contributed by atoms with Crippen molar-refractivity contribution in [1.82, 2.24) is 14.9 Å². The lowest BCUT2D eigenvalue weighted by molar-refractivity contribution is 0.412. The highest BCUT2D eigenvalue weighted by molar-refractivity contribution is 9.10. The molecule has 2 aromatic carbocycles. The number of nitrogens with one attached hydrogen (secondary N) is 1. The second kappa shape index (κ2) is 6.89. The molecule has 0 aliphatic heterocycles. The van der Waals surface area contributed by atoms with Crippen LogP contribution >= 0.6 is 28.1 Å². The van der Waals surface area contributed by atoms with Crippen molar-refractivity contribution in [3.05, 3.63) is 63.3 Å². The molecule has 0 saturated carbocycles. The molecule has 3 aromatic rings. The summed E-state index contributed by atoms with van der Waals surface area (Å²) in [6, 6.07) is 15.5. The first-order valence-electron chi connectivity index (χ1n) is 6.80. The quantitative estimate of drug-likeness (QED) is 0.536. The van der Waals surface area contributed by atoms with Crippen LogP contribution in [0.1, 0.15) is 5.56 Å². The lowest BCUT2D eigenvalue weighted by Crippen LogP contribution is -1.95. The number of rotatable bonds is 4. The van der Waals surface area contributed by atoms with Crippen molar-refractivity contribution in [2.45, 2.75) is 0 Å². The molecule has 0 radical (unpaired) electrons. The van der Waals surface area contributed by atoms with Gasteiger partial charge in [0, 0.05) is 5.56 Å². The van der Waals surface area contributed by atoms with Crippen LogP contribution in [0.15, 0.2) is 58.1 Å². The molecule has 1 aromatic heterocycles. The normalized spacial score (nSPS) is 11.0. The Balaban J connectivity index is 1.96. The van der Waals surface area contributed by atoms with E-state index in [1.54, 1.807) is 18.0 Å². The van der Waals surface area contributed by atoms with Gasteiger partial charge in [0.2, 0.25) is 4.77 Å². The fourth-order valence-corrected chi connectivity index (χ4v) is 2.80. The standard InChI is InChI=1S/C16H13BrN4OS/c1-22-14-8-7-11(9-13(14)17)10-18-21-15(19-20-16(21)23)12-5-3-2-4-6-12/h2-10H,1H3,(H,20,23)/b18-10-. The maximum Gasteiger partial charge on any atom is 0.216 e. The van der Waals surface area contributed by atoms with Crippen LogP contribution in [0, 0.1) is 4.77 Å². The highest BCUT2D eigenvalue weighted by Gasteiger charge is 2.07. The summed E-state index contributed by atoms with van der Waals surface area (Å²) in [6.07, 6.45) is 1.72. The summed E-state index contributed by atoms with van der Waals surface area (Å²) in [5.74, 6) is 1.44. The van der Waals surface area contributed by atoms with Gasteiger partial charge in [0.25, 0.3) is 0 Å². The van der Waals surface area contributed by atoms with Gasteiger partial charge in [0.15, 0.2) is 5.82 Å². The Morgan fingerprint density at radius 1 is 1.26 bits per heavy atom. The number of ether oxygens (including phenoxy) is 1. The van der Waals surface area contributed by atoms with E-state index < -0.39 is 0 Å². The zero-order chi connectivity index (χ0) is 16.2. The van der Waals surface area contributed by atoms with Gasteiger partial charge in [-0.15, -0.1) is 0 Å². The minimum absolute atomic E-state index is 0.438. The third-order valence-electron chi connectivity index (χ3n) is 3.18. The minimum atomic E-state index is 0.438. The fourth-order valence-electron chi connectivity index (χ4n) is 2.06. The number of aromatic amines is 1. The molecule has 3 rings (SSSR count). The molecule has 0 aliphatic rings. The summed E-state index contributed by atoms with van der Waals surface area (Å²) in [6.45, 7) is 0. The van der Waals surface area contributed by atoms with Crippen LogP contribution < -0.4 is 4.74 Å². The molecule has 23 heavy (non-hydrogen) atoms. The van der Waals surface area contributed by atoms with E-state index in [9.17, 15) is 0 Å². The monoisotopic (exact) mass is 388 g/mol. The van der Waals surface area contributed by atoms with Gasteiger partial charge in [-0.05, 0) is 51.9 Å². The number of benzene rings is 2. The first-order chi connectivity index (χ1) is 11.2. The van der Waals surface area contributed by atoms with E-state index in [2.05, 4.69) is 31.2 Å². The van der Waals surface area contributed by atoms with Gasteiger partial charge < -0.3 is 4.74 Å². The molecule has 0 amide bonds. The molecule has 5 nitrogen and oxygen atoms in total. The number of H-pyrrole nitrogens is 1. The summed E-state index contributed by atoms with van der Waals surface area (Å²) in [5.41, 5.74) is 1.85. The van der Waals surface area contributed by atoms with E-state index in [0.717, 1.165) is 21.3 Å². The Bertz CT molecular complexity index is 902. The van der Waals surface area contributed by atoms with Crippen molar-refractivity contribution < 1.29 is 4.74 Å². The topological polar surface area (TPSA) is 55.2 Å². The summed E-state index contributed by atoms with van der Waals surface area (Å²) in [5, 5.41) is 11.5. The SMILES string of the molecule is COc1ccc(/C=N\n2c(-c3ccccc3)n[nH]c2=S)cc1Br. The molecule has 0 aliphatic carbocycles. The third-order valence-corrected chi connectivity index (χ3v) is 4.06. The zero-order valence-corrected chi connectivity index (χ0v) is 14.6. The van der Waals surface area contributed by atoms with Gasteiger partial charge in [0.1, 0.15) is 5.75 Å². The van der Waals surface area contributed by atoms with Crippen molar-refractivity contribution in [3.63, 3.8) is 0 Å². The molecule has 0 spiro atoms. The number of hydrogen-bond acceptors (Lipinski definition) is 4. The Labute approximate surface area is 146 Å². The van der Waals surface area contributed by atoms with Crippen LogP contribution in [0.4, 0.5) is 0 Å². The van der Waals surface area contributed by atoms with Crippen molar-refractivity contribution in [2.24, 2.45) is 5.10 Å². The van der Waals surface area contributed by atoms with E-state index in [0.29, 0.717) is 10.6 Å². The second-order valence-electron chi connectivity index (χ2n) is 4.67. The number of methoxy groups -OCH3 is 1. The van der Waals surface area contributed by atoms with Gasteiger partial charge in [-0.2, -0.15) is 14.9 Å². The van der Waals surface area contributed by atoms with Crippen molar-refractivity contribution >= 4 is 34.4 Å². The lowest BCUT2D eigenvalue weighted by atomic mass is 10.2.